The lowest BCUT2D eigenvalue weighted by Crippen LogP contribution is -2.27. The Hall–Kier alpha value is -1.86. The van der Waals surface area contributed by atoms with Crippen LogP contribution in [0.5, 0.6) is 0 Å². The highest BCUT2D eigenvalue weighted by Crippen LogP contribution is 2.25. The van der Waals surface area contributed by atoms with Crippen LogP contribution in [-0.4, -0.2) is 32.5 Å². The topological polar surface area (TPSA) is 75.2 Å². The minimum Gasteiger partial charge on any atom is -0.372 e. The Bertz CT molecular complexity index is 707. The molecule has 0 bridgehead atoms. The van der Waals surface area contributed by atoms with Crippen LogP contribution in [0.2, 0.25) is 5.02 Å². The lowest BCUT2D eigenvalue weighted by atomic mass is 10.4. The molecule has 2 aromatic heterocycles. The van der Waals surface area contributed by atoms with Crippen molar-refractivity contribution >= 4 is 33.3 Å². The van der Waals surface area contributed by atoms with Crippen molar-refractivity contribution < 1.29 is 8.42 Å². The first-order chi connectivity index (χ1) is 9.46. The van der Waals surface area contributed by atoms with E-state index in [0.717, 1.165) is 4.31 Å². The molecule has 2 heterocycles. The first-order valence-electron chi connectivity index (χ1n) is 5.70. The van der Waals surface area contributed by atoms with Gasteiger partial charge in [0.2, 0.25) is 0 Å². The predicted molar refractivity (Wildman–Crippen MR) is 78.6 cm³/mol. The molecule has 6 nitrogen and oxygen atoms in total. The second kappa shape index (κ2) is 5.64. The van der Waals surface area contributed by atoms with Crippen LogP contribution in [0.1, 0.15) is 0 Å². The first-order valence-corrected chi connectivity index (χ1v) is 7.52. The molecule has 0 aliphatic heterocycles. The number of hydrogen-bond acceptors (Lipinski definition) is 5. The van der Waals surface area contributed by atoms with Crippen molar-refractivity contribution in [2.75, 3.05) is 23.7 Å². The van der Waals surface area contributed by atoms with E-state index >= 15 is 0 Å². The van der Waals surface area contributed by atoms with E-state index in [4.69, 9.17) is 11.6 Å². The number of anilines is 2. The maximum Gasteiger partial charge on any atom is 0.266 e. The number of hydrogen-bond donors (Lipinski definition) is 1. The minimum absolute atomic E-state index is 0.00894. The van der Waals surface area contributed by atoms with E-state index in [1.807, 2.05) is 0 Å². The van der Waals surface area contributed by atoms with Crippen LogP contribution in [0, 0.1) is 0 Å². The van der Waals surface area contributed by atoms with Gasteiger partial charge >= 0.3 is 0 Å². The molecule has 2 rings (SSSR count). The molecule has 0 saturated heterocycles. The molecule has 0 saturated carbocycles. The zero-order valence-corrected chi connectivity index (χ0v) is 12.5. The average molecular weight is 313 g/mol. The third-order valence-corrected chi connectivity index (χ3v) is 4.70. The summed E-state index contributed by atoms with van der Waals surface area (Å²) in [7, 11) is -0.660. The van der Waals surface area contributed by atoms with E-state index < -0.39 is 10.0 Å². The molecule has 0 unspecified atom stereocenters. The zero-order valence-electron chi connectivity index (χ0n) is 10.9. The molecule has 2 aromatic rings. The molecule has 0 amide bonds. The molecule has 106 valence electrons. The summed E-state index contributed by atoms with van der Waals surface area (Å²) in [5.41, 5.74) is 0. The molecular formula is C12H13ClN4O2S. The number of nitrogens with one attached hydrogen (secondary N) is 1. The molecule has 20 heavy (non-hydrogen) atoms. The second-order valence-electron chi connectivity index (χ2n) is 3.91. The van der Waals surface area contributed by atoms with E-state index in [-0.39, 0.29) is 9.92 Å². The van der Waals surface area contributed by atoms with Crippen LogP contribution in [0.4, 0.5) is 11.6 Å². The van der Waals surface area contributed by atoms with Gasteiger partial charge in [-0.15, -0.1) is 0 Å². The SMILES string of the molecule is CNc1ncc(S(=O)(=O)N(C)c2ccccn2)cc1Cl. The van der Waals surface area contributed by atoms with Gasteiger partial charge in [-0.25, -0.2) is 18.4 Å². The van der Waals surface area contributed by atoms with Crippen LogP contribution < -0.4 is 9.62 Å². The number of halogens is 1. The monoisotopic (exact) mass is 312 g/mol. The van der Waals surface area contributed by atoms with Crippen molar-refractivity contribution in [3.63, 3.8) is 0 Å². The molecule has 0 radical (unpaired) electrons. The van der Waals surface area contributed by atoms with Crippen molar-refractivity contribution in [3.8, 4) is 0 Å². The summed E-state index contributed by atoms with van der Waals surface area (Å²) in [5.74, 6) is 0.743. The van der Waals surface area contributed by atoms with Gasteiger partial charge in [0.05, 0.1) is 5.02 Å². The van der Waals surface area contributed by atoms with Crippen molar-refractivity contribution in [3.05, 3.63) is 41.7 Å². The van der Waals surface area contributed by atoms with Gasteiger partial charge in [0.1, 0.15) is 16.5 Å². The fourth-order valence-electron chi connectivity index (χ4n) is 1.57. The number of pyridine rings is 2. The summed E-state index contributed by atoms with van der Waals surface area (Å²) in [6.07, 6.45) is 2.78. The summed E-state index contributed by atoms with van der Waals surface area (Å²) < 4.78 is 26.0. The number of aromatic nitrogens is 2. The van der Waals surface area contributed by atoms with Gasteiger partial charge in [-0.3, -0.25) is 4.31 Å². The van der Waals surface area contributed by atoms with Crippen molar-refractivity contribution in [2.24, 2.45) is 0 Å². The highest BCUT2D eigenvalue weighted by atomic mass is 35.5. The Morgan fingerprint density at radius 2 is 2.05 bits per heavy atom. The van der Waals surface area contributed by atoms with E-state index in [1.165, 1.54) is 25.5 Å². The molecular weight excluding hydrogens is 300 g/mol. The number of nitrogens with zero attached hydrogens (tertiary/aromatic N) is 3. The lowest BCUT2D eigenvalue weighted by Gasteiger charge is -2.18. The van der Waals surface area contributed by atoms with Crippen LogP contribution >= 0.6 is 11.6 Å². The van der Waals surface area contributed by atoms with Crippen molar-refractivity contribution in [2.45, 2.75) is 4.90 Å². The van der Waals surface area contributed by atoms with Gasteiger partial charge < -0.3 is 5.32 Å². The molecule has 0 aliphatic rings. The summed E-state index contributed by atoms with van der Waals surface area (Å²) in [4.78, 5) is 7.99. The van der Waals surface area contributed by atoms with Crippen LogP contribution in [0.25, 0.3) is 0 Å². The van der Waals surface area contributed by atoms with E-state index in [2.05, 4.69) is 15.3 Å². The van der Waals surface area contributed by atoms with Gasteiger partial charge in [-0.2, -0.15) is 0 Å². The summed E-state index contributed by atoms with van der Waals surface area (Å²) >= 11 is 5.96. The van der Waals surface area contributed by atoms with Gasteiger partial charge in [0.25, 0.3) is 10.0 Å². The fraction of sp³-hybridized carbons (Fsp3) is 0.167. The maximum atomic E-state index is 12.5. The Morgan fingerprint density at radius 1 is 1.30 bits per heavy atom. The molecule has 8 heteroatoms. The Morgan fingerprint density at radius 3 is 2.60 bits per heavy atom. The summed E-state index contributed by atoms with van der Waals surface area (Å²) in [6, 6.07) is 6.39. The predicted octanol–water partition coefficient (Wildman–Crippen LogP) is 2.00. The van der Waals surface area contributed by atoms with E-state index in [1.54, 1.807) is 25.2 Å². The maximum absolute atomic E-state index is 12.5. The van der Waals surface area contributed by atoms with Crippen LogP contribution in [0.15, 0.2) is 41.6 Å². The van der Waals surface area contributed by atoms with Crippen molar-refractivity contribution in [1.29, 1.82) is 0 Å². The van der Waals surface area contributed by atoms with Crippen LogP contribution in [-0.2, 0) is 10.0 Å². The lowest BCUT2D eigenvalue weighted by molar-refractivity contribution is 0.593. The zero-order chi connectivity index (χ0) is 14.8. The summed E-state index contributed by atoms with van der Waals surface area (Å²) in [5, 5.41) is 3.01. The second-order valence-corrected chi connectivity index (χ2v) is 6.29. The van der Waals surface area contributed by atoms with Crippen molar-refractivity contribution in [1.82, 2.24) is 9.97 Å². The number of rotatable bonds is 4. The molecule has 0 aliphatic carbocycles. The summed E-state index contributed by atoms with van der Waals surface area (Å²) in [6.45, 7) is 0. The normalized spacial score (nSPS) is 11.2. The standard InChI is InChI=1S/C12H13ClN4O2S/c1-14-12-10(13)7-9(8-16-12)20(18,19)17(2)11-5-3-4-6-15-11/h3-8H,1-2H3,(H,14,16). The van der Waals surface area contributed by atoms with Gasteiger partial charge in [-0.05, 0) is 18.2 Å². The third kappa shape index (κ3) is 2.68. The first kappa shape index (κ1) is 14.5. The third-order valence-electron chi connectivity index (χ3n) is 2.68. The van der Waals surface area contributed by atoms with E-state index in [0.29, 0.717) is 11.6 Å². The molecule has 0 fully saturated rings. The Balaban J connectivity index is 2.43. The molecule has 0 atom stereocenters. The van der Waals surface area contributed by atoms with Gasteiger partial charge in [0.15, 0.2) is 0 Å². The fourth-order valence-corrected chi connectivity index (χ4v) is 3.02. The molecule has 0 aromatic carbocycles. The van der Waals surface area contributed by atoms with Crippen LogP contribution in [0.3, 0.4) is 0 Å². The largest absolute Gasteiger partial charge is 0.372 e. The molecule has 0 spiro atoms. The Labute approximate surface area is 122 Å². The smallest absolute Gasteiger partial charge is 0.266 e. The minimum atomic E-state index is -3.74. The number of sulfonamides is 1. The highest BCUT2D eigenvalue weighted by Gasteiger charge is 2.23. The highest BCUT2D eigenvalue weighted by molar-refractivity contribution is 7.92. The quantitative estimate of drug-likeness (QED) is 0.934. The average Bonchev–Trinajstić information content (AvgIpc) is 2.47. The molecule has 1 N–H and O–H groups in total. The van der Waals surface area contributed by atoms with Gasteiger partial charge in [0, 0.05) is 26.5 Å². The van der Waals surface area contributed by atoms with E-state index in [9.17, 15) is 8.42 Å². The van der Waals surface area contributed by atoms with Gasteiger partial charge in [-0.1, -0.05) is 17.7 Å². The Kier molecular flexibility index (Phi) is 4.10.